The molecule has 1 heterocycles. The highest BCUT2D eigenvalue weighted by atomic mass is 19.1. The monoisotopic (exact) mass is 280 g/mol. The second kappa shape index (κ2) is 6.56. The molecule has 0 spiro atoms. The molecular weight excluding hydrogens is 262 g/mol. The molecule has 4 nitrogen and oxygen atoms in total. The third-order valence-corrected chi connectivity index (χ3v) is 3.17. The van der Waals surface area contributed by atoms with E-state index in [2.05, 4.69) is 15.4 Å². The van der Waals surface area contributed by atoms with Gasteiger partial charge in [0.1, 0.15) is 23.8 Å². The van der Waals surface area contributed by atoms with Gasteiger partial charge in [-0.15, -0.1) is 0 Å². The van der Waals surface area contributed by atoms with Crippen LogP contribution in [0.25, 0.3) is 0 Å². The first-order valence-corrected chi connectivity index (χ1v) is 6.70. The lowest BCUT2D eigenvalue weighted by atomic mass is 10.0. The zero-order chi connectivity index (χ0) is 14.5. The average Bonchev–Trinajstić information content (AvgIpc) is 2.88. The van der Waals surface area contributed by atoms with E-state index in [0.717, 1.165) is 18.0 Å². The molecule has 20 heavy (non-hydrogen) atoms. The molecule has 1 aromatic heterocycles. The second-order valence-electron chi connectivity index (χ2n) is 4.47. The molecule has 0 saturated heterocycles. The Balaban J connectivity index is 2.29. The van der Waals surface area contributed by atoms with Crippen LogP contribution in [0.4, 0.5) is 8.78 Å². The quantitative estimate of drug-likeness (QED) is 0.884. The predicted octanol–water partition coefficient (Wildman–Crippen LogP) is 2.47. The Bertz CT molecular complexity index is 568. The third-order valence-electron chi connectivity index (χ3n) is 3.17. The van der Waals surface area contributed by atoms with Crippen molar-refractivity contribution < 1.29 is 8.78 Å². The van der Waals surface area contributed by atoms with Crippen LogP contribution in [0.1, 0.15) is 31.3 Å². The molecular formula is C14H18F2N4. The summed E-state index contributed by atoms with van der Waals surface area (Å²) in [5, 5.41) is 7.26. The highest BCUT2D eigenvalue weighted by Crippen LogP contribution is 2.21. The summed E-state index contributed by atoms with van der Waals surface area (Å²) in [6, 6.07) is 3.18. The molecule has 0 aliphatic rings. The van der Waals surface area contributed by atoms with Gasteiger partial charge in [-0.05, 0) is 31.7 Å². The fraction of sp³-hybridized carbons (Fsp3) is 0.429. The van der Waals surface area contributed by atoms with E-state index in [-0.39, 0.29) is 6.04 Å². The van der Waals surface area contributed by atoms with Crippen LogP contribution in [0, 0.1) is 11.6 Å². The number of benzene rings is 1. The highest BCUT2D eigenvalue weighted by molar-refractivity contribution is 5.23. The maximum atomic E-state index is 13.9. The van der Waals surface area contributed by atoms with E-state index in [1.807, 2.05) is 13.8 Å². The van der Waals surface area contributed by atoms with Crippen LogP contribution in [0.5, 0.6) is 0 Å². The lowest BCUT2D eigenvalue weighted by molar-refractivity contribution is 0.480. The molecule has 108 valence electrons. The van der Waals surface area contributed by atoms with Crippen molar-refractivity contribution in [3.63, 3.8) is 0 Å². The molecule has 0 radical (unpaired) electrons. The van der Waals surface area contributed by atoms with Gasteiger partial charge in [0.25, 0.3) is 0 Å². The molecule has 0 saturated carbocycles. The van der Waals surface area contributed by atoms with Gasteiger partial charge >= 0.3 is 0 Å². The number of nitrogens with zero attached hydrogens (tertiary/aromatic N) is 3. The maximum absolute atomic E-state index is 13.9. The number of aryl methyl sites for hydroxylation is 1. The minimum absolute atomic E-state index is 0.317. The average molecular weight is 280 g/mol. The molecule has 1 N–H and O–H groups in total. The molecule has 2 aromatic rings. The van der Waals surface area contributed by atoms with E-state index in [4.69, 9.17) is 0 Å². The minimum Gasteiger partial charge on any atom is -0.310 e. The van der Waals surface area contributed by atoms with Crippen LogP contribution in [0.2, 0.25) is 0 Å². The fourth-order valence-electron chi connectivity index (χ4n) is 2.21. The van der Waals surface area contributed by atoms with Gasteiger partial charge in [0.15, 0.2) is 0 Å². The Hall–Kier alpha value is -1.82. The second-order valence-corrected chi connectivity index (χ2v) is 4.47. The van der Waals surface area contributed by atoms with Crippen molar-refractivity contribution >= 4 is 0 Å². The van der Waals surface area contributed by atoms with E-state index in [0.29, 0.717) is 25.1 Å². The van der Waals surface area contributed by atoms with Crippen LogP contribution in [-0.2, 0) is 13.0 Å². The lowest BCUT2D eigenvalue weighted by Gasteiger charge is -2.19. The number of likely N-dealkylation sites (N-methyl/N-ethyl adjacent to an activating group) is 1. The summed E-state index contributed by atoms with van der Waals surface area (Å²) in [5.41, 5.74) is 0.317. The topological polar surface area (TPSA) is 42.7 Å². The SMILES string of the molecule is CCNC(Cc1ncnn1CC)c1cc(F)ccc1F. The fourth-order valence-corrected chi connectivity index (χ4v) is 2.21. The third kappa shape index (κ3) is 3.19. The molecule has 1 unspecified atom stereocenters. The Morgan fingerprint density at radius 3 is 2.80 bits per heavy atom. The Kier molecular flexibility index (Phi) is 4.79. The van der Waals surface area contributed by atoms with Crippen molar-refractivity contribution in [3.8, 4) is 0 Å². The number of nitrogens with one attached hydrogen (secondary N) is 1. The van der Waals surface area contributed by atoms with Crippen molar-refractivity contribution in [2.75, 3.05) is 6.54 Å². The number of hydrogen-bond donors (Lipinski definition) is 1. The molecule has 0 amide bonds. The van der Waals surface area contributed by atoms with Crippen molar-refractivity contribution in [2.45, 2.75) is 32.9 Å². The van der Waals surface area contributed by atoms with Gasteiger partial charge in [-0.3, -0.25) is 4.68 Å². The summed E-state index contributed by atoms with van der Waals surface area (Å²) >= 11 is 0. The minimum atomic E-state index is -0.443. The normalized spacial score (nSPS) is 12.6. The maximum Gasteiger partial charge on any atom is 0.138 e. The molecule has 0 fully saturated rings. The van der Waals surface area contributed by atoms with Crippen molar-refractivity contribution in [1.29, 1.82) is 0 Å². The van der Waals surface area contributed by atoms with Crippen LogP contribution >= 0.6 is 0 Å². The van der Waals surface area contributed by atoms with E-state index in [9.17, 15) is 8.78 Å². The summed E-state index contributed by atoms with van der Waals surface area (Å²) in [6.45, 7) is 5.23. The van der Waals surface area contributed by atoms with Crippen molar-refractivity contribution in [1.82, 2.24) is 20.1 Å². The summed E-state index contributed by atoms with van der Waals surface area (Å²) in [4.78, 5) is 4.18. The molecule has 0 aliphatic carbocycles. The summed E-state index contributed by atoms with van der Waals surface area (Å²) in [6.07, 6.45) is 1.94. The van der Waals surface area contributed by atoms with Gasteiger partial charge in [-0.2, -0.15) is 5.10 Å². The molecule has 2 rings (SSSR count). The Morgan fingerprint density at radius 2 is 2.10 bits per heavy atom. The van der Waals surface area contributed by atoms with Gasteiger partial charge in [0.05, 0.1) is 0 Å². The number of halogens is 2. The lowest BCUT2D eigenvalue weighted by Crippen LogP contribution is -2.25. The first kappa shape index (κ1) is 14.6. The number of aromatic nitrogens is 3. The van der Waals surface area contributed by atoms with Gasteiger partial charge < -0.3 is 5.32 Å². The van der Waals surface area contributed by atoms with Gasteiger partial charge in [-0.1, -0.05) is 6.92 Å². The van der Waals surface area contributed by atoms with Crippen LogP contribution in [0.15, 0.2) is 24.5 Å². The zero-order valence-electron chi connectivity index (χ0n) is 11.6. The molecule has 0 bridgehead atoms. The van der Waals surface area contributed by atoms with Gasteiger partial charge in [-0.25, -0.2) is 13.8 Å². The summed E-state index contributed by atoms with van der Waals surface area (Å²) in [5.74, 6) is -0.108. The first-order valence-electron chi connectivity index (χ1n) is 6.70. The first-order chi connectivity index (χ1) is 9.65. The molecule has 6 heteroatoms. The van der Waals surface area contributed by atoms with Crippen LogP contribution < -0.4 is 5.32 Å². The van der Waals surface area contributed by atoms with E-state index in [1.54, 1.807) is 4.68 Å². The smallest absolute Gasteiger partial charge is 0.138 e. The standard InChI is InChI=1S/C14H18F2N4/c1-3-17-13(8-14-18-9-19-20(14)4-2)11-7-10(15)5-6-12(11)16/h5-7,9,13,17H,3-4,8H2,1-2H3. The molecule has 1 atom stereocenters. The number of hydrogen-bond acceptors (Lipinski definition) is 3. The van der Waals surface area contributed by atoms with E-state index in [1.165, 1.54) is 12.4 Å². The van der Waals surface area contributed by atoms with Crippen LogP contribution in [0.3, 0.4) is 0 Å². The molecule has 0 aliphatic heterocycles. The Morgan fingerprint density at radius 1 is 1.30 bits per heavy atom. The largest absolute Gasteiger partial charge is 0.310 e. The highest BCUT2D eigenvalue weighted by Gasteiger charge is 2.18. The van der Waals surface area contributed by atoms with Crippen molar-refractivity contribution in [3.05, 3.63) is 47.5 Å². The van der Waals surface area contributed by atoms with E-state index >= 15 is 0 Å². The van der Waals surface area contributed by atoms with Crippen molar-refractivity contribution in [2.24, 2.45) is 0 Å². The van der Waals surface area contributed by atoms with Gasteiger partial charge in [0, 0.05) is 24.6 Å². The van der Waals surface area contributed by atoms with Crippen LogP contribution in [-0.4, -0.2) is 21.3 Å². The van der Waals surface area contributed by atoms with Gasteiger partial charge in [0.2, 0.25) is 0 Å². The molecule has 1 aromatic carbocycles. The predicted molar refractivity (Wildman–Crippen MR) is 72.2 cm³/mol. The van der Waals surface area contributed by atoms with E-state index < -0.39 is 11.6 Å². The Labute approximate surface area is 116 Å². The summed E-state index contributed by atoms with van der Waals surface area (Å²) < 4.78 is 29.0. The zero-order valence-corrected chi connectivity index (χ0v) is 11.6. The summed E-state index contributed by atoms with van der Waals surface area (Å²) in [7, 11) is 0. The number of rotatable bonds is 6.